The summed E-state index contributed by atoms with van der Waals surface area (Å²) in [5.74, 6) is 0.899. The Balaban J connectivity index is 1.78. The van der Waals surface area contributed by atoms with Crippen LogP contribution in [-0.2, 0) is 6.42 Å². The van der Waals surface area contributed by atoms with Crippen molar-refractivity contribution >= 4 is 32.2 Å². The van der Waals surface area contributed by atoms with E-state index in [0.717, 1.165) is 53.1 Å². The number of thiazole rings is 1. The first-order valence-electron chi connectivity index (χ1n) is 8.81. The minimum absolute atomic E-state index is 0.0748. The number of nitrogens with zero attached hydrogens (tertiary/aromatic N) is 4. The molecule has 138 valence electrons. The first kappa shape index (κ1) is 17.9. The van der Waals surface area contributed by atoms with Gasteiger partial charge in [0.25, 0.3) is 0 Å². The van der Waals surface area contributed by atoms with Crippen LogP contribution in [0.3, 0.4) is 0 Å². The standard InChI is InChI=1S/C18H21BrN4O2S/c1-2-14-20-18-23(21-14)17(25)16(26-18)15(11-3-5-12(19)6-4-11)22-9-7-13(24)8-10-22/h3-6,13,15,24-25H,2,7-10H2,1H3/t15-/m0/s1. The third-order valence-electron chi connectivity index (χ3n) is 4.86. The van der Waals surface area contributed by atoms with Gasteiger partial charge in [0, 0.05) is 24.0 Å². The van der Waals surface area contributed by atoms with Gasteiger partial charge in [-0.3, -0.25) is 4.90 Å². The number of benzene rings is 1. The summed E-state index contributed by atoms with van der Waals surface area (Å²) >= 11 is 4.97. The van der Waals surface area contributed by atoms with Gasteiger partial charge in [-0.1, -0.05) is 46.3 Å². The zero-order chi connectivity index (χ0) is 18.3. The van der Waals surface area contributed by atoms with Crippen molar-refractivity contribution in [3.63, 3.8) is 0 Å². The summed E-state index contributed by atoms with van der Waals surface area (Å²) in [4.78, 5) is 8.39. The predicted octanol–water partition coefficient (Wildman–Crippen LogP) is 3.37. The average Bonchev–Trinajstić information content (AvgIpc) is 3.18. The number of rotatable bonds is 4. The molecule has 1 aromatic carbocycles. The third kappa shape index (κ3) is 3.26. The van der Waals surface area contributed by atoms with E-state index in [2.05, 4.69) is 43.0 Å². The summed E-state index contributed by atoms with van der Waals surface area (Å²) in [6.07, 6.45) is 1.99. The molecule has 26 heavy (non-hydrogen) atoms. The summed E-state index contributed by atoms with van der Waals surface area (Å²) in [5.41, 5.74) is 1.11. The topological polar surface area (TPSA) is 73.9 Å². The molecule has 0 bridgehead atoms. The van der Waals surface area contributed by atoms with Gasteiger partial charge >= 0.3 is 0 Å². The first-order chi connectivity index (χ1) is 12.6. The highest BCUT2D eigenvalue weighted by atomic mass is 79.9. The van der Waals surface area contributed by atoms with Crippen molar-refractivity contribution in [1.29, 1.82) is 0 Å². The number of hydrogen-bond donors (Lipinski definition) is 2. The number of aliphatic hydroxyl groups is 1. The lowest BCUT2D eigenvalue weighted by Crippen LogP contribution is -2.38. The van der Waals surface area contributed by atoms with Gasteiger partial charge in [0.1, 0.15) is 0 Å². The second-order valence-electron chi connectivity index (χ2n) is 6.59. The monoisotopic (exact) mass is 436 g/mol. The molecule has 6 nitrogen and oxygen atoms in total. The van der Waals surface area contributed by atoms with E-state index in [1.165, 1.54) is 11.3 Å². The zero-order valence-corrected chi connectivity index (χ0v) is 16.9. The minimum Gasteiger partial charge on any atom is -0.492 e. The van der Waals surface area contributed by atoms with Crippen LogP contribution in [0.1, 0.15) is 42.1 Å². The number of aliphatic hydroxyl groups excluding tert-OH is 1. The Morgan fingerprint density at radius 2 is 1.96 bits per heavy atom. The molecule has 1 aliphatic rings. The number of likely N-dealkylation sites (tertiary alicyclic amines) is 1. The number of halogens is 1. The van der Waals surface area contributed by atoms with Crippen LogP contribution in [0.5, 0.6) is 5.88 Å². The predicted molar refractivity (Wildman–Crippen MR) is 105 cm³/mol. The van der Waals surface area contributed by atoms with Gasteiger partial charge in [0.2, 0.25) is 10.8 Å². The second-order valence-corrected chi connectivity index (χ2v) is 8.51. The maximum atomic E-state index is 10.9. The summed E-state index contributed by atoms with van der Waals surface area (Å²) in [6.45, 7) is 3.57. The van der Waals surface area contributed by atoms with E-state index < -0.39 is 0 Å². The molecule has 3 aromatic rings. The van der Waals surface area contributed by atoms with Crippen LogP contribution in [-0.4, -0.2) is 48.9 Å². The highest BCUT2D eigenvalue weighted by Crippen LogP contribution is 2.41. The molecule has 1 aliphatic heterocycles. The van der Waals surface area contributed by atoms with Gasteiger partial charge in [0.15, 0.2) is 5.82 Å². The van der Waals surface area contributed by atoms with Gasteiger partial charge in [-0.2, -0.15) is 4.52 Å². The summed E-state index contributed by atoms with van der Waals surface area (Å²) in [6, 6.07) is 8.11. The van der Waals surface area contributed by atoms with Crippen LogP contribution in [0.25, 0.3) is 4.96 Å². The fraction of sp³-hybridized carbons (Fsp3) is 0.444. The quantitative estimate of drug-likeness (QED) is 0.655. The minimum atomic E-state index is -0.236. The van der Waals surface area contributed by atoms with Gasteiger partial charge < -0.3 is 10.2 Å². The first-order valence-corrected chi connectivity index (χ1v) is 10.4. The van der Waals surface area contributed by atoms with E-state index >= 15 is 0 Å². The van der Waals surface area contributed by atoms with Crippen LogP contribution in [0.2, 0.25) is 0 Å². The van der Waals surface area contributed by atoms with Crippen molar-refractivity contribution in [2.75, 3.05) is 13.1 Å². The van der Waals surface area contributed by atoms with Crippen LogP contribution in [0, 0.1) is 0 Å². The summed E-state index contributed by atoms with van der Waals surface area (Å²) < 4.78 is 2.57. The molecule has 4 rings (SSSR count). The number of aryl methyl sites for hydroxylation is 1. The summed E-state index contributed by atoms with van der Waals surface area (Å²) in [7, 11) is 0. The zero-order valence-electron chi connectivity index (χ0n) is 14.5. The van der Waals surface area contributed by atoms with E-state index in [-0.39, 0.29) is 18.0 Å². The molecule has 3 heterocycles. The van der Waals surface area contributed by atoms with Crippen molar-refractivity contribution in [3.8, 4) is 5.88 Å². The molecule has 1 saturated heterocycles. The lowest BCUT2D eigenvalue weighted by molar-refractivity contribution is 0.0689. The number of piperidine rings is 1. The van der Waals surface area contributed by atoms with Gasteiger partial charge in [-0.25, -0.2) is 4.98 Å². The molecule has 8 heteroatoms. The molecule has 0 saturated carbocycles. The molecule has 0 amide bonds. The highest BCUT2D eigenvalue weighted by molar-refractivity contribution is 9.10. The lowest BCUT2D eigenvalue weighted by Gasteiger charge is -2.36. The number of aromatic hydroxyl groups is 1. The smallest absolute Gasteiger partial charge is 0.230 e. The Morgan fingerprint density at radius 1 is 1.27 bits per heavy atom. The number of fused-ring (bicyclic) bond motifs is 1. The van der Waals surface area contributed by atoms with Crippen LogP contribution < -0.4 is 0 Å². The summed E-state index contributed by atoms with van der Waals surface area (Å²) in [5, 5.41) is 25.1. The molecule has 0 aliphatic carbocycles. The Labute approximate surface area is 164 Å². The van der Waals surface area contributed by atoms with Gasteiger partial charge in [-0.05, 0) is 30.5 Å². The van der Waals surface area contributed by atoms with E-state index in [4.69, 9.17) is 0 Å². The van der Waals surface area contributed by atoms with Crippen LogP contribution in [0.15, 0.2) is 28.7 Å². The van der Waals surface area contributed by atoms with Crippen LogP contribution >= 0.6 is 27.3 Å². The largest absolute Gasteiger partial charge is 0.492 e. The Kier molecular flexibility index (Phi) is 5.00. The molecule has 2 aromatic heterocycles. The molecule has 0 radical (unpaired) electrons. The van der Waals surface area contributed by atoms with Crippen molar-refractivity contribution in [2.24, 2.45) is 0 Å². The molecule has 1 fully saturated rings. The molecular weight excluding hydrogens is 416 g/mol. The normalized spacial score (nSPS) is 17.8. The van der Waals surface area contributed by atoms with Crippen molar-refractivity contribution in [2.45, 2.75) is 38.3 Å². The SMILES string of the molecule is CCc1nc2sc([C@H](c3ccc(Br)cc3)N3CCC(O)CC3)c(O)n2n1. The fourth-order valence-corrected chi connectivity index (χ4v) is 4.84. The van der Waals surface area contributed by atoms with E-state index in [9.17, 15) is 10.2 Å². The highest BCUT2D eigenvalue weighted by Gasteiger charge is 2.31. The molecule has 0 spiro atoms. The number of aromatic nitrogens is 3. The number of hydrogen-bond acceptors (Lipinski definition) is 6. The van der Waals surface area contributed by atoms with Crippen molar-refractivity contribution in [3.05, 3.63) is 45.0 Å². The molecule has 2 N–H and O–H groups in total. The Hall–Kier alpha value is -1.48. The molecule has 0 unspecified atom stereocenters. The Bertz CT molecular complexity index is 900. The maximum absolute atomic E-state index is 10.9. The van der Waals surface area contributed by atoms with E-state index in [1.807, 2.05) is 19.1 Å². The van der Waals surface area contributed by atoms with Gasteiger partial charge in [-0.15, -0.1) is 5.10 Å². The van der Waals surface area contributed by atoms with E-state index in [1.54, 1.807) is 4.52 Å². The Morgan fingerprint density at radius 3 is 2.58 bits per heavy atom. The third-order valence-corrected chi connectivity index (χ3v) is 6.46. The molecule has 1 atom stereocenters. The second kappa shape index (κ2) is 7.26. The van der Waals surface area contributed by atoms with Crippen molar-refractivity contribution < 1.29 is 10.2 Å². The van der Waals surface area contributed by atoms with Crippen LogP contribution in [0.4, 0.5) is 0 Å². The van der Waals surface area contributed by atoms with Crippen molar-refractivity contribution in [1.82, 2.24) is 19.5 Å². The lowest BCUT2D eigenvalue weighted by atomic mass is 9.99. The fourth-order valence-electron chi connectivity index (χ4n) is 3.44. The maximum Gasteiger partial charge on any atom is 0.230 e. The van der Waals surface area contributed by atoms with Gasteiger partial charge in [0.05, 0.1) is 17.0 Å². The van der Waals surface area contributed by atoms with E-state index in [0.29, 0.717) is 4.96 Å². The molecular formula is C18H21BrN4O2S. The average molecular weight is 437 g/mol.